The second-order valence-corrected chi connectivity index (χ2v) is 11.4. The fraction of sp³-hybridized carbons (Fsp3) is 0.400. The zero-order valence-electron chi connectivity index (χ0n) is 26.4. The molecule has 1 aliphatic rings. The first-order valence-electron chi connectivity index (χ1n) is 15.4. The SMILES string of the molecule is CCN(CC)C(=O)c1cccc([C@H](c2cccc(OCC(=O)O)c2)N2C[C@@H](C)N(Cc3cccc(OCC(=O)O)c3)C[C@@H]2C)c1. The minimum atomic E-state index is -1.04. The van der Waals surface area contributed by atoms with Gasteiger partial charge in [0.2, 0.25) is 0 Å². The van der Waals surface area contributed by atoms with Crippen LogP contribution >= 0.6 is 0 Å². The van der Waals surface area contributed by atoms with Crippen molar-refractivity contribution in [3.8, 4) is 11.5 Å². The van der Waals surface area contributed by atoms with Gasteiger partial charge >= 0.3 is 11.9 Å². The zero-order valence-corrected chi connectivity index (χ0v) is 26.4. The van der Waals surface area contributed by atoms with Gasteiger partial charge in [-0.05, 0) is 80.8 Å². The summed E-state index contributed by atoms with van der Waals surface area (Å²) in [6, 6.07) is 22.9. The summed E-state index contributed by atoms with van der Waals surface area (Å²) in [7, 11) is 0. The molecule has 10 heteroatoms. The maximum absolute atomic E-state index is 13.3. The third kappa shape index (κ3) is 8.83. The highest BCUT2D eigenvalue weighted by Crippen LogP contribution is 2.35. The van der Waals surface area contributed by atoms with Crippen LogP contribution in [0.2, 0.25) is 0 Å². The molecule has 0 saturated carbocycles. The molecular formula is C35H43N3O7. The summed E-state index contributed by atoms with van der Waals surface area (Å²) < 4.78 is 10.9. The van der Waals surface area contributed by atoms with E-state index in [1.54, 1.807) is 17.0 Å². The van der Waals surface area contributed by atoms with Crippen LogP contribution in [0.5, 0.6) is 11.5 Å². The van der Waals surface area contributed by atoms with Crippen molar-refractivity contribution in [1.82, 2.24) is 14.7 Å². The van der Waals surface area contributed by atoms with Gasteiger partial charge in [0.15, 0.2) is 13.2 Å². The number of amides is 1. The second-order valence-electron chi connectivity index (χ2n) is 11.4. The molecule has 240 valence electrons. The van der Waals surface area contributed by atoms with Gasteiger partial charge in [0.05, 0.1) is 6.04 Å². The molecule has 0 radical (unpaired) electrons. The van der Waals surface area contributed by atoms with Gasteiger partial charge in [0.1, 0.15) is 11.5 Å². The maximum atomic E-state index is 13.3. The standard InChI is InChI=1S/C35H43N3O7/c1-5-36(6-2)35(43)29-13-8-11-27(17-29)34(28-12-9-15-31(18-28)45-23-33(41)42)38-20-24(3)37(19-25(38)4)21-26-10-7-14-30(16-26)44-22-32(39)40/h7-18,24-25,34H,5-6,19-23H2,1-4H3,(H,39,40)(H,41,42)/t24-,25+,34-/m1/s1. The molecule has 3 atom stereocenters. The Balaban J connectivity index is 1.64. The van der Waals surface area contributed by atoms with Crippen molar-refractivity contribution in [2.45, 2.75) is 52.4 Å². The Hall–Kier alpha value is -4.41. The van der Waals surface area contributed by atoms with E-state index in [9.17, 15) is 14.4 Å². The Morgan fingerprint density at radius 2 is 1.38 bits per heavy atom. The highest BCUT2D eigenvalue weighted by atomic mass is 16.5. The van der Waals surface area contributed by atoms with Crippen LogP contribution in [0.4, 0.5) is 0 Å². The molecule has 3 aromatic carbocycles. The minimum Gasteiger partial charge on any atom is -0.482 e. The Bertz CT molecular complexity index is 1470. The molecule has 0 unspecified atom stereocenters. The van der Waals surface area contributed by atoms with E-state index < -0.39 is 18.5 Å². The summed E-state index contributed by atoms with van der Waals surface area (Å²) in [4.78, 5) is 42.1. The van der Waals surface area contributed by atoms with Crippen LogP contribution in [0, 0.1) is 0 Å². The Labute approximate surface area is 264 Å². The molecule has 1 amide bonds. The van der Waals surface area contributed by atoms with Crippen molar-refractivity contribution in [2.75, 3.05) is 39.4 Å². The summed E-state index contributed by atoms with van der Waals surface area (Å²) in [5.74, 6) is -1.08. The third-order valence-electron chi connectivity index (χ3n) is 8.18. The summed E-state index contributed by atoms with van der Waals surface area (Å²) in [5.41, 5.74) is 3.58. The van der Waals surface area contributed by atoms with Crippen molar-refractivity contribution in [1.29, 1.82) is 0 Å². The molecule has 0 aromatic heterocycles. The van der Waals surface area contributed by atoms with E-state index in [4.69, 9.17) is 19.7 Å². The second kappa shape index (κ2) is 15.5. The monoisotopic (exact) mass is 617 g/mol. The number of carboxylic acid groups (broad SMARTS) is 2. The Morgan fingerprint density at radius 1 is 0.800 bits per heavy atom. The highest BCUT2D eigenvalue weighted by molar-refractivity contribution is 5.94. The van der Waals surface area contributed by atoms with Crippen LogP contribution in [0.3, 0.4) is 0 Å². The van der Waals surface area contributed by atoms with Crippen molar-refractivity contribution in [3.63, 3.8) is 0 Å². The molecule has 0 spiro atoms. The lowest BCUT2D eigenvalue weighted by atomic mass is 9.92. The average Bonchev–Trinajstić information content (AvgIpc) is 3.02. The van der Waals surface area contributed by atoms with Gasteiger partial charge in [-0.15, -0.1) is 0 Å². The molecular weight excluding hydrogens is 574 g/mol. The smallest absolute Gasteiger partial charge is 0.341 e. The zero-order chi connectivity index (χ0) is 32.5. The summed E-state index contributed by atoms with van der Waals surface area (Å²) in [6.45, 7) is 10.9. The molecule has 1 fully saturated rings. The van der Waals surface area contributed by atoms with E-state index >= 15 is 0 Å². The van der Waals surface area contributed by atoms with Crippen LogP contribution in [0.25, 0.3) is 0 Å². The van der Waals surface area contributed by atoms with Crippen molar-refractivity contribution in [3.05, 3.63) is 95.1 Å². The number of aliphatic carboxylic acids is 2. The quantitative estimate of drug-likeness (QED) is 0.263. The molecule has 0 bridgehead atoms. The fourth-order valence-electron chi connectivity index (χ4n) is 5.95. The maximum Gasteiger partial charge on any atom is 0.341 e. The van der Waals surface area contributed by atoms with Gasteiger partial charge in [0, 0.05) is 50.4 Å². The first-order chi connectivity index (χ1) is 21.6. The van der Waals surface area contributed by atoms with Crippen LogP contribution in [-0.4, -0.2) is 94.2 Å². The summed E-state index contributed by atoms with van der Waals surface area (Å²) >= 11 is 0. The fourth-order valence-corrected chi connectivity index (χ4v) is 5.95. The summed E-state index contributed by atoms with van der Waals surface area (Å²) in [5, 5.41) is 18.1. The van der Waals surface area contributed by atoms with Crippen LogP contribution < -0.4 is 9.47 Å². The minimum absolute atomic E-state index is 0.0139. The van der Waals surface area contributed by atoms with Crippen molar-refractivity contribution >= 4 is 17.8 Å². The number of carbonyl (C=O) groups excluding carboxylic acids is 1. The van der Waals surface area contributed by atoms with Gasteiger partial charge in [-0.3, -0.25) is 14.6 Å². The number of nitrogens with zero attached hydrogens (tertiary/aromatic N) is 3. The predicted molar refractivity (Wildman–Crippen MR) is 171 cm³/mol. The molecule has 10 nitrogen and oxygen atoms in total. The van der Waals surface area contributed by atoms with Gasteiger partial charge in [-0.2, -0.15) is 0 Å². The van der Waals surface area contributed by atoms with E-state index in [0.717, 1.165) is 29.8 Å². The van der Waals surface area contributed by atoms with Gasteiger partial charge < -0.3 is 24.6 Å². The van der Waals surface area contributed by atoms with Crippen LogP contribution in [-0.2, 0) is 16.1 Å². The molecule has 2 N–H and O–H groups in total. The number of carboxylic acids is 2. The van der Waals surface area contributed by atoms with Crippen molar-refractivity contribution < 1.29 is 34.1 Å². The number of benzene rings is 3. The van der Waals surface area contributed by atoms with Crippen molar-refractivity contribution in [2.24, 2.45) is 0 Å². The van der Waals surface area contributed by atoms with E-state index in [0.29, 0.717) is 36.7 Å². The molecule has 0 aliphatic carbocycles. The Morgan fingerprint density at radius 3 is 2.00 bits per heavy atom. The lowest BCUT2D eigenvalue weighted by Gasteiger charge is -2.48. The predicted octanol–water partition coefficient (Wildman–Crippen LogP) is 4.78. The number of piperazine rings is 1. The average molecular weight is 618 g/mol. The highest BCUT2D eigenvalue weighted by Gasteiger charge is 2.35. The number of hydrogen-bond donors (Lipinski definition) is 2. The lowest BCUT2D eigenvalue weighted by Crippen LogP contribution is -2.56. The number of ether oxygens (including phenoxy) is 2. The van der Waals surface area contributed by atoms with Crippen LogP contribution in [0.15, 0.2) is 72.8 Å². The Kier molecular flexibility index (Phi) is 11.6. The van der Waals surface area contributed by atoms with E-state index in [1.807, 2.05) is 74.5 Å². The van der Waals surface area contributed by atoms with Gasteiger partial charge in [0.25, 0.3) is 5.91 Å². The van der Waals surface area contributed by atoms with Crippen LogP contribution in [0.1, 0.15) is 60.8 Å². The molecule has 1 heterocycles. The van der Waals surface area contributed by atoms with E-state index in [2.05, 4.69) is 23.6 Å². The van der Waals surface area contributed by atoms with Gasteiger partial charge in [-0.1, -0.05) is 36.4 Å². The summed E-state index contributed by atoms with van der Waals surface area (Å²) in [6.07, 6.45) is 0. The molecule has 4 rings (SSSR count). The first kappa shape index (κ1) is 33.5. The lowest BCUT2D eigenvalue weighted by molar-refractivity contribution is -0.140. The number of carbonyl (C=O) groups is 3. The molecule has 3 aromatic rings. The largest absolute Gasteiger partial charge is 0.482 e. The van der Waals surface area contributed by atoms with E-state index in [-0.39, 0.29) is 30.6 Å². The topological polar surface area (TPSA) is 120 Å². The molecule has 1 saturated heterocycles. The van der Waals surface area contributed by atoms with E-state index in [1.165, 1.54) is 0 Å². The third-order valence-corrected chi connectivity index (χ3v) is 8.18. The van der Waals surface area contributed by atoms with Gasteiger partial charge in [-0.25, -0.2) is 9.59 Å². The number of hydrogen-bond acceptors (Lipinski definition) is 7. The normalized spacial score (nSPS) is 17.8. The molecule has 1 aliphatic heterocycles. The first-order valence-corrected chi connectivity index (χ1v) is 15.4. The number of rotatable bonds is 14. The molecule has 45 heavy (non-hydrogen) atoms.